The molecule has 0 radical (unpaired) electrons. The van der Waals surface area contributed by atoms with Crippen molar-refractivity contribution in [2.75, 3.05) is 33.3 Å². The number of ether oxygens (including phenoxy) is 1. The van der Waals surface area contributed by atoms with Crippen molar-refractivity contribution in [1.82, 2.24) is 14.8 Å². The maximum absolute atomic E-state index is 12.8. The van der Waals surface area contributed by atoms with Crippen LogP contribution in [0.5, 0.6) is 5.75 Å². The number of fused-ring (bicyclic) bond motifs is 1. The maximum Gasteiger partial charge on any atom is 0.272 e. The number of nitrogens with zero attached hydrogens (tertiary/aromatic N) is 3. The molecule has 0 aliphatic carbocycles. The van der Waals surface area contributed by atoms with Crippen LogP contribution in [0.15, 0.2) is 59.2 Å². The van der Waals surface area contributed by atoms with Crippen molar-refractivity contribution >= 4 is 32.6 Å². The first-order valence-electron chi connectivity index (χ1n) is 9.34. The fourth-order valence-electron chi connectivity index (χ4n) is 3.64. The Morgan fingerprint density at radius 2 is 1.79 bits per heavy atom. The minimum atomic E-state index is -0.0341. The zero-order valence-electron chi connectivity index (χ0n) is 15.8. The lowest BCUT2D eigenvalue weighted by molar-refractivity contribution is 0.0623. The molecular weight excluding hydrogens is 418 g/mol. The molecule has 5 nitrogen and oxygen atoms in total. The SMILES string of the molecule is COc1ccc(C(=O)N2CCN(Cc3cccc4ccccc34)CC2)nc1Br. The van der Waals surface area contributed by atoms with Gasteiger partial charge in [-0.1, -0.05) is 42.5 Å². The lowest BCUT2D eigenvalue weighted by atomic mass is 10.0. The molecule has 1 saturated heterocycles. The van der Waals surface area contributed by atoms with E-state index in [1.54, 1.807) is 19.2 Å². The summed E-state index contributed by atoms with van der Waals surface area (Å²) in [6, 6.07) is 18.4. The number of amides is 1. The highest BCUT2D eigenvalue weighted by atomic mass is 79.9. The van der Waals surface area contributed by atoms with E-state index in [0.717, 1.165) is 19.6 Å². The van der Waals surface area contributed by atoms with E-state index >= 15 is 0 Å². The van der Waals surface area contributed by atoms with Crippen molar-refractivity contribution in [1.29, 1.82) is 0 Å². The van der Waals surface area contributed by atoms with Crippen LogP contribution in [0.2, 0.25) is 0 Å². The van der Waals surface area contributed by atoms with Gasteiger partial charge in [-0.15, -0.1) is 0 Å². The summed E-state index contributed by atoms with van der Waals surface area (Å²) in [6.07, 6.45) is 0. The van der Waals surface area contributed by atoms with Crippen LogP contribution < -0.4 is 4.74 Å². The molecule has 0 spiro atoms. The Balaban J connectivity index is 1.40. The number of carbonyl (C=O) groups excluding carboxylic acids is 1. The molecule has 6 heteroatoms. The van der Waals surface area contributed by atoms with Crippen molar-refractivity contribution in [2.24, 2.45) is 0 Å². The van der Waals surface area contributed by atoms with E-state index in [1.807, 2.05) is 4.90 Å². The quantitative estimate of drug-likeness (QED) is 0.577. The normalized spacial score (nSPS) is 15.0. The predicted octanol–water partition coefficient (Wildman–Crippen LogP) is 3.96. The van der Waals surface area contributed by atoms with Gasteiger partial charge in [-0.3, -0.25) is 9.69 Å². The molecule has 0 bridgehead atoms. The molecule has 1 amide bonds. The summed E-state index contributed by atoms with van der Waals surface area (Å²) in [5, 5.41) is 2.57. The van der Waals surface area contributed by atoms with E-state index in [0.29, 0.717) is 29.1 Å². The Morgan fingerprint density at radius 3 is 2.54 bits per heavy atom. The first-order valence-corrected chi connectivity index (χ1v) is 10.1. The predicted molar refractivity (Wildman–Crippen MR) is 114 cm³/mol. The monoisotopic (exact) mass is 439 g/mol. The van der Waals surface area contributed by atoms with Gasteiger partial charge in [-0.25, -0.2) is 4.98 Å². The molecule has 1 aliphatic rings. The second-order valence-electron chi connectivity index (χ2n) is 6.90. The van der Waals surface area contributed by atoms with E-state index in [9.17, 15) is 4.79 Å². The number of halogens is 1. The molecule has 1 fully saturated rings. The molecule has 28 heavy (non-hydrogen) atoms. The standard InChI is InChI=1S/C22H22BrN3O2/c1-28-20-10-9-19(24-21(20)23)22(27)26-13-11-25(12-14-26)15-17-7-4-6-16-5-2-3-8-18(16)17/h2-10H,11-15H2,1H3. The van der Waals surface area contributed by atoms with Gasteiger partial charge in [0.15, 0.2) is 5.75 Å². The summed E-state index contributed by atoms with van der Waals surface area (Å²) >= 11 is 3.35. The van der Waals surface area contributed by atoms with Gasteiger partial charge < -0.3 is 9.64 Å². The van der Waals surface area contributed by atoms with Crippen molar-refractivity contribution < 1.29 is 9.53 Å². The van der Waals surface area contributed by atoms with Crippen LogP contribution in [0.1, 0.15) is 16.1 Å². The second kappa shape index (κ2) is 8.29. The first kappa shape index (κ1) is 18.9. The van der Waals surface area contributed by atoms with Crippen LogP contribution >= 0.6 is 15.9 Å². The van der Waals surface area contributed by atoms with E-state index in [4.69, 9.17) is 4.74 Å². The number of carbonyl (C=O) groups is 1. The highest BCUT2D eigenvalue weighted by Gasteiger charge is 2.23. The number of rotatable bonds is 4. The Hall–Kier alpha value is -2.44. The zero-order valence-corrected chi connectivity index (χ0v) is 17.4. The fourth-order valence-corrected chi connectivity index (χ4v) is 4.12. The molecule has 1 aliphatic heterocycles. The van der Waals surface area contributed by atoms with Crippen LogP contribution in [0.25, 0.3) is 10.8 Å². The molecule has 2 heterocycles. The van der Waals surface area contributed by atoms with Gasteiger partial charge in [0.25, 0.3) is 5.91 Å². The third-order valence-electron chi connectivity index (χ3n) is 5.19. The van der Waals surface area contributed by atoms with Crippen molar-refractivity contribution in [3.63, 3.8) is 0 Å². The number of methoxy groups -OCH3 is 1. The van der Waals surface area contributed by atoms with Crippen molar-refractivity contribution in [2.45, 2.75) is 6.54 Å². The minimum absolute atomic E-state index is 0.0341. The Morgan fingerprint density at radius 1 is 1.04 bits per heavy atom. The van der Waals surface area contributed by atoms with Crippen LogP contribution in [0.3, 0.4) is 0 Å². The third-order valence-corrected chi connectivity index (χ3v) is 5.76. The van der Waals surface area contributed by atoms with E-state index in [-0.39, 0.29) is 5.91 Å². The first-order chi connectivity index (χ1) is 13.7. The fraction of sp³-hybridized carbons (Fsp3) is 0.273. The summed E-state index contributed by atoms with van der Waals surface area (Å²) in [7, 11) is 1.58. The van der Waals surface area contributed by atoms with Crippen LogP contribution in [-0.4, -0.2) is 54.0 Å². The smallest absolute Gasteiger partial charge is 0.272 e. The van der Waals surface area contributed by atoms with Crippen LogP contribution in [0.4, 0.5) is 0 Å². The van der Waals surface area contributed by atoms with Gasteiger partial charge in [0, 0.05) is 32.7 Å². The van der Waals surface area contributed by atoms with Gasteiger partial charge in [0.2, 0.25) is 0 Å². The number of hydrogen-bond acceptors (Lipinski definition) is 4. The number of hydrogen-bond donors (Lipinski definition) is 0. The molecule has 4 rings (SSSR count). The highest BCUT2D eigenvalue weighted by molar-refractivity contribution is 9.10. The summed E-state index contributed by atoms with van der Waals surface area (Å²) < 4.78 is 5.74. The molecular formula is C22H22BrN3O2. The van der Waals surface area contributed by atoms with Gasteiger partial charge in [-0.2, -0.15) is 0 Å². The summed E-state index contributed by atoms with van der Waals surface area (Å²) in [5.41, 5.74) is 1.77. The van der Waals surface area contributed by atoms with Crippen molar-refractivity contribution in [3.8, 4) is 5.75 Å². The van der Waals surface area contributed by atoms with E-state index < -0.39 is 0 Å². The second-order valence-corrected chi connectivity index (χ2v) is 7.65. The Bertz CT molecular complexity index is 995. The summed E-state index contributed by atoms with van der Waals surface area (Å²) in [4.78, 5) is 21.4. The highest BCUT2D eigenvalue weighted by Crippen LogP contribution is 2.23. The van der Waals surface area contributed by atoms with Crippen molar-refractivity contribution in [3.05, 3.63) is 70.5 Å². The number of piperazine rings is 1. The van der Waals surface area contributed by atoms with Gasteiger partial charge >= 0.3 is 0 Å². The molecule has 0 saturated carbocycles. The topological polar surface area (TPSA) is 45.7 Å². The zero-order chi connectivity index (χ0) is 19.5. The van der Waals surface area contributed by atoms with Gasteiger partial charge in [0.05, 0.1) is 7.11 Å². The lowest BCUT2D eigenvalue weighted by Gasteiger charge is -2.34. The minimum Gasteiger partial charge on any atom is -0.494 e. The van der Waals surface area contributed by atoms with Gasteiger partial charge in [0.1, 0.15) is 10.3 Å². The molecule has 3 aromatic rings. The molecule has 144 valence electrons. The lowest BCUT2D eigenvalue weighted by Crippen LogP contribution is -2.48. The Labute approximate surface area is 173 Å². The number of benzene rings is 2. The largest absolute Gasteiger partial charge is 0.494 e. The molecule has 0 unspecified atom stereocenters. The average molecular weight is 440 g/mol. The molecule has 1 aromatic heterocycles. The number of pyridine rings is 1. The molecule has 2 aromatic carbocycles. The Kier molecular flexibility index (Phi) is 5.59. The van der Waals surface area contributed by atoms with Gasteiger partial charge in [-0.05, 0) is 44.4 Å². The van der Waals surface area contributed by atoms with Crippen LogP contribution in [-0.2, 0) is 6.54 Å². The third kappa shape index (κ3) is 3.88. The molecule has 0 N–H and O–H groups in total. The van der Waals surface area contributed by atoms with E-state index in [2.05, 4.69) is 68.3 Å². The maximum atomic E-state index is 12.8. The summed E-state index contributed by atoms with van der Waals surface area (Å²) in [5.74, 6) is 0.588. The average Bonchev–Trinajstić information content (AvgIpc) is 2.74. The molecule has 0 atom stereocenters. The number of aromatic nitrogens is 1. The van der Waals surface area contributed by atoms with Crippen LogP contribution in [0, 0.1) is 0 Å². The summed E-state index contributed by atoms with van der Waals surface area (Å²) in [6.45, 7) is 4.01. The van der Waals surface area contributed by atoms with E-state index in [1.165, 1.54) is 16.3 Å².